The summed E-state index contributed by atoms with van der Waals surface area (Å²) in [5.41, 5.74) is 1.30. The Kier molecular flexibility index (Phi) is 4.59. The van der Waals surface area contributed by atoms with Gasteiger partial charge in [-0.25, -0.2) is 0 Å². The van der Waals surface area contributed by atoms with Crippen molar-refractivity contribution in [3.8, 4) is 0 Å². The van der Waals surface area contributed by atoms with Crippen LogP contribution in [0.25, 0.3) is 0 Å². The van der Waals surface area contributed by atoms with Crippen molar-refractivity contribution in [1.82, 2.24) is 10.2 Å². The minimum Gasteiger partial charge on any atom is -0.468 e. The third-order valence-corrected chi connectivity index (χ3v) is 3.34. The number of likely N-dealkylation sites (tertiary alicyclic amines) is 1. The number of hydrogen-bond acceptors (Lipinski definition) is 4. The van der Waals surface area contributed by atoms with Gasteiger partial charge in [-0.15, -0.1) is 0 Å². The zero-order chi connectivity index (χ0) is 12.1. The molecule has 4 nitrogen and oxygen atoms in total. The quantitative estimate of drug-likeness (QED) is 0.814. The highest BCUT2D eigenvalue weighted by Crippen LogP contribution is 2.20. The first-order chi connectivity index (χ1) is 8.33. The fourth-order valence-electron chi connectivity index (χ4n) is 2.49. The van der Waals surface area contributed by atoms with Crippen LogP contribution in [0.5, 0.6) is 0 Å². The Hall–Kier alpha value is -0.840. The molecule has 1 atom stereocenters. The summed E-state index contributed by atoms with van der Waals surface area (Å²) in [6.07, 6.45) is 3.03. The number of rotatable bonds is 6. The molecule has 1 saturated heterocycles. The van der Waals surface area contributed by atoms with Gasteiger partial charge < -0.3 is 14.5 Å². The van der Waals surface area contributed by atoms with Gasteiger partial charge in [-0.05, 0) is 32.0 Å². The monoisotopic (exact) mass is 238 g/mol. The largest absolute Gasteiger partial charge is 0.468 e. The SMILES string of the molecule is CNCc1occc1CN1CCC(COC)C1. The summed E-state index contributed by atoms with van der Waals surface area (Å²) in [6.45, 7) is 4.98. The lowest BCUT2D eigenvalue weighted by Crippen LogP contribution is -2.22. The molecule has 4 heteroatoms. The van der Waals surface area contributed by atoms with Crippen LogP contribution in [-0.4, -0.2) is 38.8 Å². The van der Waals surface area contributed by atoms with Gasteiger partial charge in [0.15, 0.2) is 0 Å². The van der Waals surface area contributed by atoms with E-state index in [9.17, 15) is 0 Å². The normalized spacial score (nSPS) is 21.2. The Morgan fingerprint density at radius 3 is 3.24 bits per heavy atom. The van der Waals surface area contributed by atoms with E-state index in [4.69, 9.17) is 9.15 Å². The van der Waals surface area contributed by atoms with Crippen molar-refractivity contribution in [3.05, 3.63) is 23.7 Å². The minimum absolute atomic E-state index is 0.694. The first-order valence-corrected chi connectivity index (χ1v) is 6.24. The summed E-state index contributed by atoms with van der Waals surface area (Å²) in [5, 5.41) is 3.13. The maximum Gasteiger partial charge on any atom is 0.122 e. The van der Waals surface area contributed by atoms with E-state index in [-0.39, 0.29) is 0 Å². The molecule has 2 rings (SSSR count). The first kappa shape index (κ1) is 12.6. The molecule has 1 aliphatic heterocycles. The molecule has 1 aromatic rings. The van der Waals surface area contributed by atoms with Crippen LogP contribution in [0.15, 0.2) is 16.7 Å². The molecule has 0 saturated carbocycles. The smallest absolute Gasteiger partial charge is 0.122 e. The van der Waals surface area contributed by atoms with E-state index < -0.39 is 0 Å². The van der Waals surface area contributed by atoms with E-state index in [2.05, 4.69) is 16.3 Å². The lowest BCUT2D eigenvalue weighted by atomic mass is 10.1. The van der Waals surface area contributed by atoms with Gasteiger partial charge in [0.1, 0.15) is 5.76 Å². The average molecular weight is 238 g/mol. The zero-order valence-electron chi connectivity index (χ0n) is 10.7. The predicted molar refractivity (Wildman–Crippen MR) is 66.7 cm³/mol. The van der Waals surface area contributed by atoms with Crippen LogP contribution in [0.2, 0.25) is 0 Å². The van der Waals surface area contributed by atoms with E-state index in [1.165, 1.54) is 12.0 Å². The van der Waals surface area contributed by atoms with Crippen LogP contribution in [0.1, 0.15) is 17.7 Å². The van der Waals surface area contributed by atoms with Gasteiger partial charge in [0, 0.05) is 25.8 Å². The summed E-state index contributed by atoms with van der Waals surface area (Å²) < 4.78 is 10.7. The molecule has 0 bridgehead atoms. The van der Waals surface area contributed by atoms with Crippen LogP contribution >= 0.6 is 0 Å². The predicted octanol–water partition coefficient (Wildman–Crippen LogP) is 1.47. The van der Waals surface area contributed by atoms with Crippen molar-refractivity contribution in [2.45, 2.75) is 19.5 Å². The van der Waals surface area contributed by atoms with Crippen molar-refractivity contribution in [2.24, 2.45) is 5.92 Å². The lowest BCUT2D eigenvalue weighted by Gasteiger charge is -2.15. The van der Waals surface area contributed by atoms with Crippen LogP contribution in [-0.2, 0) is 17.8 Å². The molecule has 1 aromatic heterocycles. The topological polar surface area (TPSA) is 37.6 Å². The number of methoxy groups -OCH3 is 1. The van der Waals surface area contributed by atoms with Gasteiger partial charge in [-0.1, -0.05) is 0 Å². The van der Waals surface area contributed by atoms with E-state index in [0.29, 0.717) is 5.92 Å². The van der Waals surface area contributed by atoms with Gasteiger partial charge in [0.05, 0.1) is 19.4 Å². The molecule has 0 aromatic carbocycles. The maximum absolute atomic E-state index is 5.48. The standard InChI is InChI=1S/C13H22N2O2/c1-14-7-13-12(4-6-17-13)9-15-5-3-11(8-15)10-16-2/h4,6,11,14H,3,5,7-10H2,1-2H3. The number of hydrogen-bond donors (Lipinski definition) is 1. The molecule has 0 radical (unpaired) electrons. The fraction of sp³-hybridized carbons (Fsp3) is 0.692. The number of nitrogens with one attached hydrogen (secondary N) is 1. The molecular formula is C13H22N2O2. The number of ether oxygens (including phenoxy) is 1. The molecule has 0 spiro atoms. The molecule has 0 amide bonds. The number of nitrogens with zero attached hydrogens (tertiary/aromatic N) is 1. The molecular weight excluding hydrogens is 216 g/mol. The number of furan rings is 1. The molecule has 1 N–H and O–H groups in total. The van der Waals surface area contributed by atoms with E-state index in [0.717, 1.165) is 38.5 Å². The highest BCUT2D eigenvalue weighted by atomic mass is 16.5. The highest BCUT2D eigenvalue weighted by Gasteiger charge is 2.23. The van der Waals surface area contributed by atoms with E-state index in [1.807, 2.05) is 7.05 Å². The van der Waals surface area contributed by atoms with Crippen LogP contribution < -0.4 is 5.32 Å². The Labute approximate surface area is 103 Å². The van der Waals surface area contributed by atoms with Crippen molar-refractivity contribution < 1.29 is 9.15 Å². The Balaban J connectivity index is 1.86. The summed E-state index contributed by atoms with van der Waals surface area (Å²) in [5.74, 6) is 1.75. The Morgan fingerprint density at radius 1 is 1.59 bits per heavy atom. The van der Waals surface area contributed by atoms with Gasteiger partial charge in [0.2, 0.25) is 0 Å². The summed E-state index contributed by atoms with van der Waals surface area (Å²) in [7, 11) is 3.72. The van der Waals surface area contributed by atoms with Crippen LogP contribution in [0, 0.1) is 5.92 Å². The van der Waals surface area contributed by atoms with Gasteiger partial charge in [0.25, 0.3) is 0 Å². The second-order valence-electron chi connectivity index (χ2n) is 4.74. The molecule has 96 valence electrons. The van der Waals surface area contributed by atoms with Gasteiger partial charge >= 0.3 is 0 Å². The van der Waals surface area contributed by atoms with Crippen molar-refractivity contribution in [2.75, 3.05) is 33.9 Å². The molecule has 2 heterocycles. The van der Waals surface area contributed by atoms with Crippen LogP contribution in [0.3, 0.4) is 0 Å². The molecule has 1 fully saturated rings. The van der Waals surface area contributed by atoms with Crippen LogP contribution in [0.4, 0.5) is 0 Å². The first-order valence-electron chi connectivity index (χ1n) is 6.24. The third kappa shape index (κ3) is 3.31. The zero-order valence-corrected chi connectivity index (χ0v) is 10.7. The van der Waals surface area contributed by atoms with Crippen molar-refractivity contribution >= 4 is 0 Å². The summed E-state index contributed by atoms with van der Waals surface area (Å²) >= 11 is 0. The van der Waals surface area contributed by atoms with Gasteiger partial charge in [-0.2, -0.15) is 0 Å². The maximum atomic E-state index is 5.48. The second-order valence-corrected chi connectivity index (χ2v) is 4.74. The molecule has 0 aliphatic carbocycles. The fourth-order valence-corrected chi connectivity index (χ4v) is 2.49. The average Bonchev–Trinajstić information content (AvgIpc) is 2.91. The second kappa shape index (κ2) is 6.19. The van der Waals surface area contributed by atoms with Gasteiger partial charge in [-0.3, -0.25) is 4.90 Å². The summed E-state index contributed by atoms with van der Waals surface area (Å²) in [6, 6.07) is 2.08. The summed E-state index contributed by atoms with van der Waals surface area (Å²) in [4.78, 5) is 2.48. The van der Waals surface area contributed by atoms with Crippen molar-refractivity contribution in [1.29, 1.82) is 0 Å². The molecule has 17 heavy (non-hydrogen) atoms. The molecule has 1 unspecified atom stereocenters. The Morgan fingerprint density at radius 2 is 2.47 bits per heavy atom. The Bertz CT molecular complexity index is 338. The third-order valence-electron chi connectivity index (χ3n) is 3.34. The van der Waals surface area contributed by atoms with E-state index in [1.54, 1.807) is 13.4 Å². The molecule has 1 aliphatic rings. The lowest BCUT2D eigenvalue weighted by molar-refractivity contribution is 0.152. The van der Waals surface area contributed by atoms with Crippen molar-refractivity contribution in [3.63, 3.8) is 0 Å². The minimum atomic E-state index is 0.694. The van der Waals surface area contributed by atoms with E-state index >= 15 is 0 Å². The highest BCUT2D eigenvalue weighted by molar-refractivity contribution is 5.17.